The molecule has 0 bridgehead atoms. The van der Waals surface area contributed by atoms with Crippen LogP contribution in [0.3, 0.4) is 0 Å². The SMILES string of the molecule is CCC(O)C1C(=O)CC(C)(C)CC1=O. The minimum absolute atomic E-state index is 0.0967. The molecular formula is C11H18O3. The van der Waals surface area contributed by atoms with E-state index in [1.165, 1.54) is 0 Å². The van der Waals surface area contributed by atoms with Crippen LogP contribution in [0.15, 0.2) is 0 Å². The number of carbonyl (C=O) groups excluding carboxylic acids is 2. The third kappa shape index (κ3) is 2.21. The zero-order chi connectivity index (χ0) is 10.9. The standard InChI is InChI=1S/C11H18O3/c1-4-7(12)10-8(13)5-11(2,3)6-9(10)14/h7,10,12H,4-6H2,1-3H3. The second-order valence-corrected chi connectivity index (χ2v) is 4.90. The summed E-state index contributed by atoms with van der Waals surface area (Å²) in [7, 11) is 0. The Hall–Kier alpha value is -0.700. The molecule has 1 N–H and O–H groups in total. The third-order valence-corrected chi connectivity index (χ3v) is 2.80. The fourth-order valence-electron chi connectivity index (χ4n) is 2.07. The van der Waals surface area contributed by atoms with E-state index >= 15 is 0 Å². The van der Waals surface area contributed by atoms with Crippen molar-refractivity contribution in [2.24, 2.45) is 11.3 Å². The summed E-state index contributed by atoms with van der Waals surface area (Å²) in [5.41, 5.74) is -0.224. The molecule has 0 saturated heterocycles. The van der Waals surface area contributed by atoms with Crippen molar-refractivity contribution < 1.29 is 14.7 Å². The summed E-state index contributed by atoms with van der Waals surface area (Å²) in [6.45, 7) is 5.61. The van der Waals surface area contributed by atoms with Gasteiger partial charge < -0.3 is 5.11 Å². The minimum atomic E-state index is -0.786. The third-order valence-electron chi connectivity index (χ3n) is 2.80. The molecule has 80 valence electrons. The molecule has 1 fully saturated rings. The maximum Gasteiger partial charge on any atom is 0.146 e. The van der Waals surface area contributed by atoms with Crippen LogP contribution in [0, 0.1) is 11.3 Å². The second-order valence-electron chi connectivity index (χ2n) is 4.90. The number of rotatable bonds is 2. The molecule has 0 amide bonds. The Labute approximate surface area is 84.5 Å². The largest absolute Gasteiger partial charge is 0.392 e. The summed E-state index contributed by atoms with van der Waals surface area (Å²) >= 11 is 0. The molecule has 0 aromatic carbocycles. The Morgan fingerprint density at radius 2 is 1.79 bits per heavy atom. The van der Waals surface area contributed by atoms with E-state index in [0.717, 1.165) is 0 Å². The van der Waals surface area contributed by atoms with Gasteiger partial charge in [-0.25, -0.2) is 0 Å². The highest BCUT2D eigenvalue weighted by Gasteiger charge is 2.42. The molecule has 14 heavy (non-hydrogen) atoms. The van der Waals surface area contributed by atoms with Crippen LogP contribution >= 0.6 is 0 Å². The zero-order valence-electron chi connectivity index (χ0n) is 9.04. The van der Waals surface area contributed by atoms with Gasteiger partial charge in [0.2, 0.25) is 0 Å². The highest BCUT2D eigenvalue weighted by molar-refractivity contribution is 6.05. The number of carbonyl (C=O) groups is 2. The van der Waals surface area contributed by atoms with E-state index in [1.807, 2.05) is 13.8 Å². The smallest absolute Gasteiger partial charge is 0.146 e. The van der Waals surface area contributed by atoms with Crippen LogP contribution in [-0.4, -0.2) is 22.8 Å². The highest BCUT2D eigenvalue weighted by Crippen LogP contribution is 2.35. The average Bonchev–Trinajstić information content (AvgIpc) is 1.99. The Morgan fingerprint density at radius 3 is 2.14 bits per heavy atom. The minimum Gasteiger partial charge on any atom is -0.392 e. The van der Waals surface area contributed by atoms with E-state index in [0.29, 0.717) is 19.3 Å². The number of hydrogen-bond donors (Lipinski definition) is 1. The first-order valence-corrected chi connectivity index (χ1v) is 5.11. The van der Waals surface area contributed by atoms with Crippen LogP contribution < -0.4 is 0 Å². The maximum absolute atomic E-state index is 11.6. The van der Waals surface area contributed by atoms with Crippen LogP contribution in [0.25, 0.3) is 0 Å². The van der Waals surface area contributed by atoms with Crippen molar-refractivity contribution in [2.45, 2.75) is 46.1 Å². The lowest BCUT2D eigenvalue weighted by Crippen LogP contribution is -2.43. The van der Waals surface area contributed by atoms with E-state index in [2.05, 4.69) is 0 Å². The molecule has 0 heterocycles. The van der Waals surface area contributed by atoms with Crippen molar-refractivity contribution in [3.8, 4) is 0 Å². The maximum atomic E-state index is 11.6. The monoisotopic (exact) mass is 198 g/mol. The first kappa shape index (κ1) is 11.4. The molecule has 0 aromatic rings. The van der Waals surface area contributed by atoms with Gasteiger partial charge in [-0.05, 0) is 11.8 Å². The lowest BCUT2D eigenvalue weighted by molar-refractivity contribution is -0.144. The molecule has 0 aliphatic heterocycles. The van der Waals surface area contributed by atoms with Crippen LogP contribution in [0.5, 0.6) is 0 Å². The summed E-state index contributed by atoms with van der Waals surface area (Å²) in [6, 6.07) is 0. The summed E-state index contributed by atoms with van der Waals surface area (Å²) in [5, 5.41) is 9.55. The van der Waals surface area contributed by atoms with Crippen molar-refractivity contribution in [1.82, 2.24) is 0 Å². The van der Waals surface area contributed by atoms with Gasteiger partial charge in [0.25, 0.3) is 0 Å². The molecule has 1 unspecified atom stereocenters. The molecule has 1 aliphatic rings. The molecular weight excluding hydrogens is 180 g/mol. The molecule has 3 heteroatoms. The van der Waals surface area contributed by atoms with Gasteiger partial charge in [-0.15, -0.1) is 0 Å². The molecule has 0 spiro atoms. The molecule has 1 saturated carbocycles. The summed E-state index contributed by atoms with van der Waals surface area (Å²) < 4.78 is 0. The number of ketones is 2. The summed E-state index contributed by atoms with van der Waals surface area (Å²) in [6.07, 6.45) is 0.481. The fourth-order valence-corrected chi connectivity index (χ4v) is 2.07. The molecule has 0 radical (unpaired) electrons. The molecule has 3 nitrogen and oxygen atoms in total. The van der Waals surface area contributed by atoms with E-state index < -0.39 is 12.0 Å². The van der Waals surface area contributed by atoms with Crippen molar-refractivity contribution in [3.63, 3.8) is 0 Å². The van der Waals surface area contributed by atoms with E-state index in [1.54, 1.807) is 6.92 Å². The zero-order valence-corrected chi connectivity index (χ0v) is 9.04. The van der Waals surface area contributed by atoms with Crippen LogP contribution in [0.4, 0.5) is 0 Å². The topological polar surface area (TPSA) is 54.4 Å². The number of Topliss-reactive ketones (excluding diaryl/α,β-unsaturated/α-hetero) is 2. The second kappa shape index (κ2) is 3.81. The fraction of sp³-hybridized carbons (Fsp3) is 0.818. The Morgan fingerprint density at radius 1 is 1.36 bits per heavy atom. The lowest BCUT2D eigenvalue weighted by Gasteiger charge is -2.33. The van der Waals surface area contributed by atoms with Gasteiger partial charge in [-0.1, -0.05) is 20.8 Å². The van der Waals surface area contributed by atoms with Gasteiger partial charge in [-0.3, -0.25) is 9.59 Å². The van der Waals surface area contributed by atoms with Gasteiger partial charge in [0, 0.05) is 12.8 Å². The summed E-state index contributed by atoms with van der Waals surface area (Å²) in [5.74, 6) is -0.950. The Balaban J connectivity index is 2.81. The Kier molecular flexibility index (Phi) is 3.10. The van der Waals surface area contributed by atoms with Crippen molar-refractivity contribution in [3.05, 3.63) is 0 Å². The number of aliphatic hydroxyl groups is 1. The summed E-state index contributed by atoms with van der Waals surface area (Å²) in [4.78, 5) is 23.3. The number of aliphatic hydroxyl groups excluding tert-OH is 1. The normalized spacial score (nSPS) is 25.1. The first-order chi connectivity index (χ1) is 6.37. The van der Waals surface area contributed by atoms with Crippen LogP contribution in [-0.2, 0) is 9.59 Å². The average molecular weight is 198 g/mol. The predicted octanol–water partition coefficient (Wildman–Crippen LogP) is 1.33. The lowest BCUT2D eigenvalue weighted by atomic mass is 9.70. The van der Waals surface area contributed by atoms with Gasteiger partial charge in [-0.2, -0.15) is 0 Å². The molecule has 1 aliphatic carbocycles. The van der Waals surface area contributed by atoms with Gasteiger partial charge in [0.15, 0.2) is 0 Å². The molecule has 1 atom stereocenters. The number of hydrogen-bond acceptors (Lipinski definition) is 3. The van der Waals surface area contributed by atoms with E-state index in [9.17, 15) is 14.7 Å². The van der Waals surface area contributed by atoms with Crippen LogP contribution in [0.1, 0.15) is 40.0 Å². The van der Waals surface area contributed by atoms with Crippen molar-refractivity contribution in [1.29, 1.82) is 0 Å². The van der Waals surface area contributed by atoms with Crippen molar-refractivity contribution >= 4 is 11.6 Å². The Bertz CT molecular complexity index is 235. The van der Waals surface area contributed by atoms with E-state index in [4.69, 9.17) is 0 Å². The molecule has 0 aromatic heterocycles. The van der Waals surface area contributed by atoms with Crippen molar-refractivity contribution in [2.75, 3.05) is 0 Å². The van der Waals surface area contributed by atoms with Gasteiger partial charge in [0.1, 0.15) is 17.5 Å². The van der Waals surface area contributed by atoms with Crippen LogP contribution in [0.2, 0.25) is 0 Å². The van der Waals surface area contributed by atoms with Gasteiger partial charge >= 0.3 is 0 Å². The first-order valence-electron chi connectivity index (χ1n) is 5.11. The molecule has 1 rings (SSSR count). The quantitative estimate of drug-likeness (QED) is 0.681. The highest BCUT2D eigenvalue weighted by atomic mass is 16.3. The van der Waals surface area contributed by atoms with Gasteiger partial charge in [0.05, 0.1) is 6.10 Å². The predicted molar refractivity (Wildman–Crippen MR) is 52.8 cm³/mol. The van der Waals surface area contributed by atoms with E-state index in [-0.39, 0.29) is 17.0 Å².